The molecular formula is C20H18F3N5O. The molecule has 1 amide bonds. The van der Waals surface area contributed by atoms with Gasteiger partial charge in [-0.3, -0.25) is 4.79 Å². The van der Waals surface area contributed by atoms with Crippen molar-refractivity contribution in [3.05, 3.63) is 65.5 Å². The first-order chi connectivity index (χ1) is 13.8. The molecular weight excluding hydrogens is 383 g/mol. The molecule has 1 aliphatic rings. The number of nitrogens with one attached hydrogen (secondary N) is 2. The van der Waals surface area contributed by atoms with Gasteiger partial charge in [0.25, 0.3) is 5.91 Å². The molecule has 4 rings (SSSR count). The molecule has 0 saturated carbocycles. The molecule has 0 radical (unpaired) electrons. The summed E-state index contributed by atoms with van der Waals surface area (Å²) in [4.78, 5) is 20.1. The zero-order chi connectivity index (χ0) is 20.6. The number of nitrogens with two attached hydrogens (primary N) is 1. The van der Waals surface area contributed by atoms with Crippen LogP contribution in [0.2, 0.25) is 0 Å². The number of primary amides is 1. The lowest BCUT2D eigenvalue weighted by Crippen LogP contribution is -2.28. The van der Waals surface area contributed by atoms with Gasteiger partial charge in [-0.25, -0.2) is 9.97 Å². The number of aromatic nitrogens is 2. The van der Waals surface area contributed by atoms with Crippen molar-refractivity contribution in [1.29, 1.82) is 0 Å². The second-order valence-electron chi connectivity index (χ2n) is 6.93. The molecule has 9 heteroatoms. The van der Waals surface area contributed by atoms with Gasteiger partial charge in [0.1, 0.15) is 12.1 Å². The quantitative estimate of drug-likeness (QED) is 0.625. The van der Waals surface area contributed by atoms with Gasteiger partial charge >= 0.3 is 6.18 Å². The summed E-state index contributed by atoms with van der Waals surface area (Å²) < 4.78 is 39.3. The third kappa shape index (κ3) is 3.73. The molecule has 0 bridgehead atoms. The van der Waals surface area contributed by atoms with E-state index in [1.54, 1.807) is 24.3 Å². The smallest absolute Gasteiger partial charge is 0.366 e. The van der Waals surface area contributed by atoms with Gasteiger partial charge in [0.2, 0.25) is 0 Å². The van der Waals surface area contributed by atoms with Gasteiger partial charge in [0.15, 0.2) is 0 Å². The first kappa shape index (κ1) is 19.1. The van der Waals surface area contributed by atoms with Gasteiger partial charge in [-0.15, -0.1) is 0 Å². The SMILES string of the molecule is NC(=O)c1cccc2c(N[C@H]3CNC[C@@H]3c3cccc(C(F)(F)F)c3)ncnc12. The molecule has 0 unspecified atom stereocenters. The molecule has 1 aromatic heterocycles. The number of amides is 1. The van der Waals surface area contributed by atoms with Crippen LogP contribution in [0.1, 0.15) is 27.4 Å². The van der Waals surface area contributed by atoms with E-state index in [1.807, 2.05) is 0 Å². The van der Waals surface area contributed by atoms with Crippen LogP contribution in [0.5, 0.6) is 0 Å². The standard InChI is InChI=1S/C20H18F3N5O/c21-20(22,23)12-4-1-3-11(7-12)15-8-25-9-16(15)28-19-14-6-2-5-13(18(24)29)17(14)26-10-27-19/h1-7,10,15-16,25H,8-9H2,(H2,24,29)(H,26,27,28)/t15-,16+/m1/s1. The second-order valence-corrected chi connectivity index (χ2v) is 6.93. The van der Waals surface area contributed by atoms with Gasteiger partial charge in [-0.1, -0.05) is 24.3 Å². The largest absolute Gasteiger partial charge is 0.416 e. The third-order valence-corrected chi connectivity index (χ3v) is 5.11. The molecule has 6 nitrogen and oxygen atoms in total. The average molecular weight is 401 g/mol. The molecule has 2 atom stereocenters. The molecule has 3 aromatic rings. The maximum atomic E-state index is 13.1. The van der Waals surface area contributed by atoms with Crippen molar-refractivity contribution < 1.29 is 18.0 Å². The predicted molar refractivity (Wildman–Crippen MR) is 103 cm³/mol. The van der Waals surface area contributed by atoms with E-state index >= 15 is 0 Å². The molecule has 1 fully saturated rings. The van der Waals surface area contributed by atoms with Crippen LogP contribution in [0.3, 0.4) is 0 Å². The fourth-order valence-corrected chi connectivity index (χ4v) is 3.70. The summed E-state index contributed by atoms with van der Waals surface area (Å²) in [6.07, 6.45) is -3.06. The van der Waals surface area contributed by atoms with Crippen molar-refractivity contribution in [2.45, 2.75) is 18.1 Å². The zero-order valence-electron chi connectivity index (χ0n) is 15.2. The summed E-state index contributed by atoms with van der Waals surface area (Å²) in [5, 5.41) is 7.15. The Morgan fingerprint density at radius 1 is 1.14 bits per heavy atom. The van der Waals surface area contributed by atoms with Crippen LogP contribution >= 0.6 is 0 Å². The maximum absolute atomic E-state index is 13.1. The van der Waals surface area contributed by atoms with E-state index in [1.165, 1.54) is 18.5 Å². The number of hydrogen-bond donors (Lipinski definition) is 3. The Kier molecular flexibility index (Phi) is 4.83. The molecule has 1 aliphatic heterocycles. The van der Waals surface area contributed by atoms with Crippen LogP contribution in [0.25, 0.3) is 10.9 Å². The lowest BCUT2D eigenvalue weighted by molar-refractivity contribution is -0.137. The highest BCUT2D eigenvalue weighted by Crippen LogP contribution is 2.33. The van der Waals surface area contributed by atoms with E-state index in [-0.39, 0.29) is 17.5 Å². The Labute approximate surface area is 164 Å². The fourth-order valence-electron chi connectivity index (χ4n) is 3.70. The second kappa shape index (κ2) is 7.32. The summed E-state index contributed by atoms with van der Waals surface area (Å²) in [7, 11) is 0. The molecule has 4 N–H and O–H groups in total. The van der Waals surface area contributed by atoms with E-state index in [4.69, 9.17) is 5.73 Å². The normalized spacial score (nSPS) is 19.4. The van der Waals surface area contributed by atoms with Crippen LogP contribution in [-0.4, -0.2) is 35.0 Å². The van der Waals surface area contributed by atoms with Gasteiger partial charge in [0, 0.05) is 30.4 Å². The summed E-state index contributed by atoms with van der Waals surface area (Å²) >= 11 is 0. The minimum absolute atomic E-state index is 0.179. The Hall–Kier alpha value is -3.20. The van der Waals surface area contributed by atoms with Crippen molar-refractivity contribution in [2.75, 3.05) is 18.4 Å². The lowest BCUT2D eigenvalue weighted by Gasteiger charge is -2.22. The summed E-state index contributed by atoms with van der Waals surface area (Å²) in [6.45, 7) is 1.09. The number of alkyl halides is 3. The Balaban J connectivity index is 1.66. The highest BCUT2D eigenvalue weighted by Gasteiger charge is 2.34. The zero-order valence-corrected chi connectivity index (χ0v) is 15.2. The van der Waals surface area contributed by atoms with E-state index in [0.29, 0.717) is 35.4 Å². The topological polar surface area (TPSA) is 92.9 Å². The molecule has 0 spiro atoms. The third-order valence-electron chi connectivity index (χ3n) is 5.11. The Bertz CT molecular complexity index is 1070. The van der Waals surface area contributed by atoms with Gasteiger partial charge < -0.3 is 16.4 Å². The number of carbonyl (C=O) groups excluding carboxylic acids is 1. The summed E-state index contributed by atoms with van der Waals surface area (Å²) in [5.41, 5.74) is 6.06. The number of hydrogen-bond acceptors (Lipinski definition) is 5. The highest BCUT2D eigenvalue weighted by atomic mass is 19.4. The van der Waals surface area contributed by atoms with Crippen LogP contribution in [0, 0.1) is 0 Å². The van der Waals surface area contributed by atoms with Crippen LogP contribution < -0.4 is 16.4 Å². The average Bonchev–Trinajstić information content (AvgIpc) is 3.15. The number of benzene rings is 2. The Morgan fingerprint density at radius 2 is 1.93 bits per heavy atom. The van der Waals surface area contributed by atoms with Crippen LogP contribution in [0.4, 0.5) is 19.0 Å². The number of fused-ring (bicyclic) bond motifs is 1. The van der Waals surface area contributed by atoms with E-state index in [2.05, 4.69) is 20.6 Å². The van der Waals surface area contributed by atoms with Crippen LogP contribution in [-0.2, 0) is 6.18 Å². The summed E-state index contributed by atoms with van der Waals surface area (Å²) in [6, 6.07) is 10.2. The monoisotopic (exact) mass is 401 g/mol. The lowest BCUT2D eigenvalue weighted by atomic mass is 9.92. The van der Waals surface area contributed by atoms with E-state index in [9.17, 15) is 18.0 Å². The maximum Gasteiger partial charge on any atom is 0.416 e. The van der Waals surface area contributed by atoms with Crippen molar-refractivity contribution in [3.63, 3.8) is 0 Å². The number of nitrogens with zero attached hydrogens (tertiary/aromatic N) is 2. The van der Waals surface area contributed by atoms with Crippen molar-refractivity contribution in [3.8, 4) is 0 Å². The molecule has 0 aliphatic carbocycles. The number of halogens is 3. The number of rotatable bonds is 4. The first-order valence-electron chi connectivity index (χ1n) is 9.02. The molecule has 2 aromatic carbocycles. The number of carbonyl (C=O) groups is 1. The van der Waals surface area contributed by atoms with E-state index in [0.717, 1.165) is 6.07 Å². The molecule has 150 valence electrons. The fraction of sp³-hybridized carbons (Fsp3) is 0.250. The number of para-hydroxylation sites is 1. The van der Waals surface area contributed by atoms with Gasteiger partial charge in [-0.2, -0.15) is 13.2 Å². The van der Waals surface area contributed by atoms with Crippen molar-refractivity contribution in [1.82, 2.24) is 15.3 Å². The van der Waals surface area contributed by atoms with Crippen molar-refractivity contribution >= 4 is 22.6 Å². The van der Waals surface area contributed by atoms with E-state index < -0.39 is 17.6 Å². The minimum Gasteiger partial charge on any atom is -0.366 e. The Morgan fingerprint density at radius 3 is 2.69 bits per heavy atom. The predicted octanol–water partition coefficient (Wildman–Crippen LogP) is 2.92. The highest BCUT2D eigenvalue weighted by molar-refractivity contribution is 6.06. The molecule has 2 heterocycles. The minimum atomic E-state index is -4.39. The van der Waals surface area contributed by atoms with Gasteiger partial charge in [0.05, 0.1) is 16.6 Å². The summed E-state index contributed by atoms with van der Waals surface area (Å²) in [5.74, 6) is -0.268. The van der Waals surface area contributed by atoms with Crippen LogP contribution in [0.15, 0.2) is 48.8 Å². The van der Waals surface area contributed by atoms with Gasteiger partial charge in [-0.05, 0) is 23.8 Å². The first-order valence-corrected chi connectivity index (χ1v) is 9.02. The molecule has 1 saturated heterocycles. The van der Waals surface area contributed by atoms with Crippen molar-refractivity contribution in [2.24, 2.45) is 5.73 Å². The number of anilines is 1. The molecule has 29 heavy (non-hydrogen) atoms.